The van der Waals surface area contributed by atoms with E-state index in [2.05, 4.69) is 38.9 Å². The zero-order valence-electron chi connectivity index (χ0n) is 23.5. The molecule has 3 heterocycles. The molecule has 208 valence electrons. The van der Waals surface area contributed by atoms with Crippen molar-refractivity contribution in [3.63, 3.8) is 0 Å². The summed E-state index contributed by atoms with van der Waals surface area (Å²) in [7, 11) is 0. The Morgan fingerprint density at radius 2 is 1.66 bits per heavy atom. The van der Waals surface area contributed by atoms with Crippen LogP contribution in [0, 0.1) is 17.8 Å². The highest BCUT2D eigenvalue weighted by molar-refractivity contribution is 6.04. The summed E-state index contributed by atoms with van der Waals surface area (Å²) in [4.78, 5) is 38.6. The molecular formula is C31H47N5O2. The summed E-state index contributed by atoms with van der Waals surface area (Å²) in [6.45, 7) is 10.2. The number of nitrogens with one attached hydrogen (secondary N) is 2. The highest BCUT2D eigenvalue weighted by Gasteiger charge is 2.28. The molecule has 7 heteroatoms. The highest BCUT2D eigenvalue weighted by Crippen LogP contribution is 2.28. The van der Waals surface area contributed by atoms with Gasteiger partial charge in [0.25, 0.3) is 5.91 Å². The lowest BCUT2D eigenvalue weighted by Gasteiger charge is -2.38. The number of benzene rings is 1. The Bertz CT molecular complexity index is 1070. The topological polar surface area (TPSA) is 81.3 Å². The molecule has 3 aliphatic rings. The van der Waals surface area contributed by atoms with Crippen molar-refractivity contribution in [2.75, 3.05) is 39.3 Å². The molecule has 0 unspecified atom stereocenters. The third-order valence-corrected chi connectivity index (χ3v) is 9.25. The van der Waals surface area contributed by atoms with Crippen LogP contribution < -0.4 is 5.32 Å². The van der Waals surface area contributed by atoms with Gasteiger partial charge in [0.1, 0.15) is 11.3 Å². The van der Waals surface area contributed by atoms with Crippen LogP contribution in [0.4, 0.5) is 0 Å². The number of para-hydroxylation sites is 1. The van der Waals surface area contributed by atoms with Crippen LogP contribution in [0.1, 0.15) is 100 Å². The minimum Gasteiger partial charge on any atom is -0.352 e. The van der Waals surface area contributed by atoms with Crippen molar-refractivity contribution in [2.24, 2.45) is 17.8 Å². The molecule has 2 aromatic rings. The van der Waals surface area contributed by atoms with E-state index >= 15 is 0 Å². The summed E-state index contributed by atoms with van der Waals surface area (Å²) < 4.78 is 0. The van der Waals surface area contributed by atoms with Gasteiger partial charge in [-0.3, -0.25) is 9.59 Å². The van der Waals surface area contributed by atoms with E-state index in [1.807, 2.05) is 18.2 Å². The zero-order chi connectivity index (χ0) is 26.5. The van der Waals surface area contributed by atoms with Gasteiger partial charge in [-0.15, -0.1) is 0 Å². The Hall–Kier alpha value is -2.41. The van der Waals surface area contributed by atoms with Crippen LogP contribution in [0.15, 0.2) is 18.2 Å². The Balaban J connectivity index is 1.01. The predicted octanol–water partition coefficient (Wildman–Crippen LogP) is 5.34. The summed E-state index contributed by atoms with van der Waals surface area (Å²) in [5, 5.41) is 3.19. The first-order chi connectivity index (χ1) is 18.5. The molecule has 0 spiro atoms. The normalized spacial score (nSPS) is 20.9. The Kier molecular flexibility index (Phi) is 9.03. The number of carbonyl (C=O) groups is 2. The van der Waals surface area contributed by atoms with E-state index in [1.165, 1.54) is 32.1 Å². The fraction of sp³-hybridized carbons (Fsp3) is 0.710. The maximum atomic E-state index is 13.0. The third-order valence-electron chi connectivity index (χ3n) is 9.25. The largest absolute Gasteiger partial charge is 0.352 e. The average molecular weight is 522 g/mol. The van der Waals surface area contributed by atoms with Gasteiger partial charge in [0.15, 0.2) is 0 Å². The van der Waals surface area contributed by atoms with Crippen molar-refractivity contribution < 1.29 is 9.59 Å². The van der Waals surface area contributed by atoms with Crippen LogP contribution in [0.5, 0.6) is 0 Å². The summed E-state index contributed by atoms with van der Waals surface area (Å²) in [6.07, 6.45) is 11.8. The molecule has 2 aliphatic heterocycles. The lowest BCUT2D eigenvalue weighted by atomic mass is 9.86. The first-order valence-electron chi connectivity index (χ1n) is 15.2. The molecule has 1 aliphatic carbocycles. The third kappa shape index (κ3) is 6.77. The molecule has 38 heavy (non-hydrogen) atoms. The van der Waals surface area contributed by atoms with Crippen LogP contribution in [0.25, 0.3) is 11.0 Å². The molecule has 2 amide bonds. The maximum Gasteiger partial charge on any atom is 0.253 e. The van der Waals surface area contributed by atoms with Gasteiger partial charge in [-0.05, 0) is 81.5 Å². The number of H-pyrrole nitrogens is 1. The summed E-state index contributed by atoms with van der Waals surface area (Å²) in [6, 6.07) is 5.79. The number of imidazole rings is 1. The summed E-state index contributed by atoms with van der Waals surface area (Å²) >= 11 is 0. The van der Waals surface area contributed by atoms with E-state index in [4.69, 9.17) is 0 Å². The number of amides is 2. The molecule has 2 saturated heterocycles. The molecule has 2 N–H and O–H groups in total. The minimum atomic E-state index is -0.0235. The Labute approximate surface area is 228 Å². The first kappa shape index (κ1) is 27.2. The van der Waals surface area contributed by atoms with E-state index in [9.17, 15) is 9.59 Å². The SMILES string of the molecule is CC(C)c1nc2c(C(=O)NCC3CCN(CC4CCN(C(=O)CC5CCCCC5)CC4)CC3)cccc2[nH]1. The van der Waals surface area contributed by atoms with Crippen molar-refractivity contribution in [2.45, 2.75) is 84.0 Å². The number of fused-ring (bicyclic) bond motifs is 1. The van der Waals surface area contributed by atoms with Gasteiger partial charge in [0.05, 0.1) is 11.1 Å². The first-order valence-corrected chi connectivity index (χ1v) is 15.2. The van der Waals surface area contributed by atoms with Gasteiger partial charge in [-0.1, -0.05) is 39.2 Å². The fourth-order valence-electron chi connectivity index (χ4n) is 6.71. The van der Waals surface area contributed by atoms with Crippen LogP contribution in [-0.2, 0) is 4.79 Å². The van der Waals surface area contributed by atoms with Crippen molar-refractivity contribution in [1.29, 1.82) is 0 Å². The summed E-state index contributed by atoms with van der Waals surface area (Å²) in [5.74, 6) is 3.46. The number of nitrogens with zero attached hydrogens (tertiary/aromatic N) is 3. The fourth-order valence-corrected chi connectivity index (χ4v) is 6.71. The number of piperidine rings is 2. The van der Waals surface area contributed by atoms with Crippen LogP contribution in [-0.4, -0.2) is 70.9 Å². The maximum absolute atomic E-state index is 13.0. The molecular weight excluding hydrogens is 474 g/mol. The van der Waals surface area contributed by atoms with Crippen molar-refractivity contribution in [3.8, 4) is 0 Å². The second-order valence-corrected chi connectivity index (χ2v) is 12.5. The molecule has 3 fully saturated rings. The molecule has 0 atom stereocenters. The lowest BCUT2D eigenvalue weighted by Crippen LogP contribution is -2.44. The van der Waals surface area contributed by atoms with Gasteiger partial charge in [-0.2, -0.15) is 0 Å². The number of aromatic nitrogens is 2. The van der Waals surface area contributed by atoms with Crippen LogP contribution >= 0.6 is 0 Å². The van der Waals surface area contributed by atoms with Crippen molar-refractivity contribution in [1.82, 2.24) is 25.1 Å². The Morgan fingerprint density at radius 1 is 0.947 bits per heavy atom. The van der Waals surface area contributed by atoms with E-state index in [0.29, 0.717) is 35.1 Å². The van der Waals surface area contributed by atoms with E-state index in [1.54, 1.807) is 0 Å². The molecule has 1 aromatic heterocycles. The quantitative estimate of drug-likeness (QED) is 0.492. The number of hydrogen-bond acceptors (Lipinski definition) is 4. The molecule has 1 aromatic carbocycles. The summed E-state index contributed by atoms with van der Waals surface area (Å²) in [5.41, 5.74) is 2.35. The second-order valence-electron chi connectivity index (χ2n) is 12.5. The van der Waals surface area contributed by atoms with Crippen LogP contribution in [0.2, 0.25) is 0 Å². The molecule has 0 radical (unpaired) electrons. The van der Waals surface area contributed by atoms with Crippen molar-refractivity contribution in [3.05, 3.63) is 29.6 Å². The number of aromatic amines is 1. The van der Waals surface area contributed by atoms with Crippen LogP contribution in [0.3, 0.4) is 0 Å². The van der Waals surface area contributed by atoms with Crippen molar-refractivity contribution >= 4 is 22.8 Å². The molecule has 5 rings (SSSR count). The number of hydrogen-bond donors (Lipinski definition) is 2. The van der Waals surface area contributed by atoms with Gasteiger partial charge in [0.2, 0.25) is 5.91 Å². The lowest BCUT2D eigenvalue weighted by molar-refractivity contribution is -0.134. The zero-order valence-corrected chi connectivity index (χ0v) is 23.5. The molecule has 0 bridgehead atoms. The van der Waals surface area contributed by atoms with Gasteiger partial charge in [0, 0.05) is 38.5 Å². The van der Waals surface area contributed by atoms with Gasteiger partial charge < -0.3 is 20.1 Å². The minimum absolute atomic E-state index is 0.0235. The van der Waals surface area contributed by atoms with E-state index in [0.717, 1.165) is 88.2 Å². The van der Waals surface area contributed by atoms with Gasteiger partial charge in [-0.25, -0.2) is 4.98 Å². The average Bonchev–Trinajstić information content (AvgIpc) is 3.39. The number of likely N-dealkylation sites (tertiary alicyclic amines) is 2. The van der Waals surface area contributed by atoms with Gasteiger partial charge >= 0.3 is 0 Å². The van der Waals surface area contributed by atoms with E-state index in [-0.39, 0.29) is 5.91 Å². The molecule has 7 nitrogen and oxygen atoms in total. The monoisotopic (exact) mass is 521 g/mol. The smallest absolute Gasteiger partial charge is 0.253 e. The number of carbonyl (C=O) groups excluding carboxylic acids is 2. The molecule has 1 saturated carbocycles. The Morgan fingerprint density at radius 3 is 2.37 bits per heavy atom. The second kappa shape index (κ2) is 12.6. The predicted molar refractivity (Wildman–Crippen MR) is 152 cm³/mol. The standard InChI is InChI=1S/C31H47N5O2/c1-22(2)30-33-27-10-6-9-26(29(27)34-30)31(38)32-20-24-11-15-35(16-12-24)21-25-13-17-36(18-14-25)28(37)19-23-7-4-3-5-8-23/h6,9-10,22-25H,3-5,7-8,11-21H2,1-2H3,(H,32,38)(H,33,34). The number of rotatable bonds is 8. The highest BCUT2D eigenvalue weighted by atomic mass is 16.2. The van der Waals surface area contributed by atoms with E-state index < -0.39 is 0 Å².